The van der Waals surface area contributed by atoms with Gasteiger partial charge in [0.15, 0.2) is 0 Å². The molecule has 1 heterocycles. The number of ether oxygens (including phenoxy) is 1. The highest BCUT2D eigenvalue weighted by Crippen LogP contribution is 2.31. The molecule has 104 valence electrons. The fraction of sp³-hybridized carbons (Fsp3) is 0.143. The molecule has 1 amide bonds. The summed E-state index contributed by atoms with van der Waals surface area (Å²) in [6.45, 7) is 1.74. The van der Waals surface area contributed by atoms with Crippen LogP contribution in [0, 0.1) is 6.92 Å². The molecule has 0 fully saturated rings. The second-order valence-electron chi connectivity index (χ2n) is 4.15. The number of nitrogens with two attached hydrogens (primary N) is 1. The van der Waals surface area contributed by atoms with Gasteiger partial charge in [0.25, 0.3) is 5.91 Å². The summed E-state index contributed by atoms with van der Waals surface area (Å²) < 4.78 is 5.30. The fourth-order valence-electron chi connectivity index (χ4n) is 1.91. The van der Waals surface area contributed by atoms with E-state index in [4.69, 9.17) is 22.2 Å². The second kappa shape index (κ2) is 5.90. The van der Waals surface area contributed by atoms with Gasteiger partial charge in [0, 0.05) is 10.6 Å². The van der Waals surface area contributed by atoms with E-state index >= 15 is 0 Å². The van der Waals surface area contributed by atoms with Gasteiger partial charge in [-0.15, -0.1) is 0 Å². The lowest BCUT2D eigenvalue weighted by atomic mass is 10.1. The lowest BCUT2D eigenvalue weighted by molar-refractivity contribution is 0.0952. The maximum Gasteiger partial charge on any atom is 0.267 e. The number of nitrogen functional groups attached to an aromatic ring is 1. The zero-order chi connectivity index (χ0) is 14.7. The molecule has 0 bridgehead atoms. The van der Waals surface area contributed by atoms with Crippen molar-refractivity contribution >= 4 is 17.5 Å². The lowest BCUT2D eigenvalue weighted by Crippen LogP contribution is -2.30. The number of methoxy groups -OCH3 is 1. The quantitative estimate of drug-likeness (QED) is 0.517. The maximum absolute atomic E-state index is 11.5. The van der Waals surface area contributed by atoms with E-state index in [0.29, 0.717) is 27.7 Å². The van der Waals surface area contributed by atoms with Crippen molar-refractivity contribution in [2.75, 3.05) is 7.11 Å². The van der Waals surface area contributed by atoms with Crippen LogP contribution >= 0.6 is 11.6 Å². The van der Waals surface area contributed by atoms with Crippen molar-refractivity contribution in [2.24, 2.45) is 5.84 Å². The molecule has 5 nitrogen and oxygen atoms in total. The number of hydrogen-bond acceptors (Lipinski definition) is 4. The number of halogens is 1. The molecule has 1 aromatic heterocycles. The van der Waals surface area contributed by atoms with Gasteiger partial charge in [0.05, 0.1) is 24.1 Å². The number of nitrogens with one attached hydrogen (secondary N) is 1. The zero-order valence-corrected chi connectivity index (χ0v) is 11.9. The Kier molecular flexibility index (Phi) is 4.22. The highest BCUT2D eigenvalue weighted by molar-refractivity contribution is 6.30. The first-order valence-electron chi connectivity index (χ1n) is 5.89. The van der Waals surface area contributed by atoms with Crippen molar-refractivity contribution in [2.45, 2.75) is 6.92 Å². The summed E-state index contributed by atoms with van der Waals surface area (Å²) in [4.78, 5) is 15.9. The van der Waals surface area contributed by atoms with Gasteiger partial charge in [0.2, 0.25) is 0 Å². The summed E-state index contributed by atoms with van der Waals surface area (Å²) >= 11 is 6.00. The third-order valence-electron chi connectivity index (χ3n) is 2.90. The Labute approximate surface area is 121 Å². The number of hydrazine groups is 1. The van der Waals surface area contributed by atoms with Crippen molar-refractivity contribution in [1.82, 2.24) is 10.4 Å². The number of amides is 1. The molecule has 1 aromatic carbocycles. The predicted octanol–water partition coefficient (Wildman–Crippen LogP) is 2.32. The van der Waals surface area contributed by atoms with Gasteiger partial charge in [-0.25, -0.2) is 5.84 Å². The van der Waals surface area contributed by atoms with Crippen LogP contribution in [0.4, 0.5) is 0 Å². The highest BCUT2D eigenvalue weighted by Gasteiger charge is 2.13. The van der Waals surface area contributed by atoms with E-state index in [1.807, 2.05) is 0 Å². The van der Waals surface area contributed by atoms with E-state index in [1.54, 1.807) is 44.4 Å². The van der Waals surface area contributed by atoms with Crippen LogP contribution in [0.25, 0.3) is 11.3 Å². The highest BCUT2D eigenvalue weighted by atomic mass is 35.5. The largest absolute Gasteiger partial charge is 0.496 e. The first-order chi connectivity index (χ1) is 9.56. The van der Waals surface area contributed by atoms with Gasteiger partial charge < -0.3 is 4.74 Å². The molecule has 20 heavy (non-hydrogen) atoms. The van der Waals surface area contributed by atoms with Crippen LogP contribution in [0.3, 0.4) is 0 Å². The Bertz CT molecular complexity index is 659. The van der Waals surface area contributed by atoms with Gasteiger partial charge in [-0.3, -0.25) is 15.2 Å². The zero-order valence-electron chi connectivity index (χ0n) is 11.1. The van der Waals surface area contributed by atoms with E-state index in [-0.39, 0.29) is 5.91 Å². The molecule has 0 unspecified atom stereocenters. The number of nitrogens with zero attached hydrogens (tertiary/aromatic N) is 1. The summed E-state index contributed by atoms with van der Waals surface area (Å²) in [6, 6.07) is 8.68. The molecule has 0 aliphatic heterocycles. The van der Waals surface area contributed by atoms with E-state index in [9.17, 15) is 4.79 Å². The number of aryl methyl sites for hydroxylation is 1. The molecular formula is C14H14ClN3O2. The van der Waals surface area contributed by atoms with Crippen LogP contribution in [0.1, 0.15) is 16.1 Å². The van der Waals surface area contributed by atoms with Gasteiger partial charge in [-0.2, -0.15) is 0 Å². The van der Waals surface area contributed by atoms with Crippen molar-refractivity contribution in [3.8, 4) is 17.0 Å². The van der Waals surface area contributed by atoms with Crippen molar-refractivity contribution < 1.29 is 9.53 Å². The molecule has 0 atom stereocenters. The minimum Gasteiger partial charge on any atom is -0.496 e. The molecule has 2 rings (SSSR count). The molecule has 0 saturated heterocycles. The fourth-order valence-corrected chi connectivity index (χ4v) is 2.08. The number of pyridine rings is 1. The average Bonchev–Trinajstić information content (AvgIpc) is 2.46. The number of benzene rings is 1. The van der Waals surface area contributed by atoms with Gasteiger partial charge in [-0.1, -0.05) is 11.6 Å². The Balaban J connectivity index is 2.52. The Morgan fingerprint density at radius 3 is 2.70 bits per heavy atom. The Morgan fingerprint density at radius 1 is 1.35 bits per heavy atom. The molecule has 0 aliphatic rings. The van der Waals surface area contributed by atoms with Crippen LogP contribution < -0.4 is 16.0 Å². The lowest BCUT2D eigenvalue weighted by Gasteiger charge is -2.10. The van der Waals surface area contributed by atoms with E-state index < -0.39 is 0 Å². The van der Waals surface area contributed by atoms with Crippen molar-refractivity contribution in [1.29, 1.82) is 0 Å². The molecule has 3 N–H and O–H groups in total. The van der Waals surface area contributed by atoms with Crippen molar-refractivity contribution in [3.63, 3.8) is 0 Å². The standard InChI is InChI=1S/C14H14ClN3O2/c1-8-10(14(19)18-16)4-5-12(17-8)11-7-9(15)3-6-13(11)20-2/h3-7H,16H2,1-2H3,(H,18,19). The molecule has 0 saturated carbocycles. The Hall–Kier alpha value is -2.11. The first-order valence-corrected chi connectivity index (χ1v) is 6.27. The van der Waals surface area contributed by atoms with Crippen molar-refractivity contribution in [3.05, 3.63) is 46.6 Å². The monoisotopic (exact) mass is 291 g/mol. The number of rotatable bonds is 3. The minimum absolute atomic E-state index is 0.375. The normalized spacial score (nSPS) is 10.2. The molecular weight excluding hydrogens is 278 g/mol. The van der Waals surface area contributed by atoms with Crippen LogP contribution in [-0.2, 0) is 0 Å². The SMILES string of the molecule is COc1ccc(Cl)cc1-c1ccc(C(=O)NN)c(C)n1. The number of hydrogen-bond donors (Lipinski definition) is 2. The van der Waals surface area contributed by atoms with Crippen LogP contribution in [-0.4, -0.2) is 18.0 Å². The summed E-state index contributed by atoms with van der Waals surface area (Å²) in [5.74, 6) is 5.41. The Morgan fingerprint density at radius 2 is 2.10 bits per heavy atom. The maximum atomic E-state index is 11.5. The van der Waals surface area contributed by atoms with Crippen LogP contribution in [0.2, 0.25) is 5.02 Å². The summed E-state index contributed by atoms with van der Waals surface area (Å²) in [7, 11) is 1.58. The van der Waals surface area contributed by atoms with Gasteiger partial charge in [0.1, 0.15) is 5.75 Å². The molecule has 6 heteroatoms. The van der Waals surface area contributed by atoms with Gasteiger partial charge in [-0.05, 0) is 37.3 Å². The van der Waals surface area contributed by atoms with E-state index in [1.165, 1.54) is 0 Å². The minimum atomic E-state index is -0.375. The summed E-state index contributed by atoms with van der Waals surface area (Å²) in [5.41, 5.74) is 4.54. The third kappa shape index (κ3) is 2.74. The van der Waals surface area contributed by atoms with E-state index in [0.717, 1.165) is 5.56 Å². The summed E-state index contributed by atoms with van der Waals surface area (Å²) in [6.07, 6.45) is 0. The summed E-state index contributed by atoms with van der Waals surface area (Å²) in [5, 5.41) is 0.587. The molecule has 0 aliphatic carbocycles. The average molecular weight is 292 g/mol. The van der Waals surface area contributed by atoms with Crippen LogP contribution in [0.5, 0.6) is 5.75 Å². The molecule has 0 spiro atoms. The van der Waals surface area contributed by atoms with Crippen LogP contribution in [0.15, 0.2) is 30.3 Å². The number of carbonyl (C=O) groups is 1. The smallest absolute Gasteiger partial charge is 0.267 e. The number of carbonyl (C=O) groups excluding carboxylic acids is 1. The first kappa shape index (κ1) is 14.3. The molecule has 0 radical (unpaired) electrons. The van der Waals surface area contributed by atoms with E-state index in [2.05, 4.69) is 10.4 Å². The topological polar surface area (TPSA) is 77.2 Å². The molecule has 2 aromatic rings. The second-order valence-corrected chi connectivity index (χ2v) is 4.58. The predicted molar refractivity (Wildman–Crippen MR) is 77.6 cm³/mol. The number of aromatic nitrogens is 1. The third-order valence-corrected chi connectivity index (χ3v) is 3.13. The van der Waals surface area contributed by atoms with Gasteiger partial charge >= 0.3 is 0 Å².